The molecule has 0 aliphatic carbocycles. The van der Waals surface area contributed by atoms with E-state index in [-0.39, 0.29) is 18.5 Å². The number of benzene rings is 2. The number of rotatable bonds is 10. The maximum absolute atomic E-state index is 13.5. The largest absolute Gasteiger partial charge is 0.352 e. The Labute approximate surface area is 212 Å². The van der Waals surface area contributed by atoms with E-state index in [9.17, 15) is 18.0 Å². The molecule has 0 aliphatic rings. The summed E-state index contributed by atoms with van der Waals surface area (Å²) < 4.78 is 27.7. The predicted octanol–water partition coefficient (Wildman–Crippen LogP) is 4.31. The Morgan fingerprint density at radius 3 is 2.18 bits per heavy atom. The summed E-state index contributed by atoms with van der Waals surface area (Å²) in [5.74, 6) is -0.770. The third-order valence-electron chi connectivity index (χ3n) is 5.19. The first-order valence-corrected chi connectivity index (χ1v) is 13.9. The molecule has 33 heavy (non-hydrogen) atoms. The molecule has 10 heteroatoms. The molecule has 0 aliphatic heterocycles. The maximum Gasteiger partial charge on any atom is 0.244 e. The fourth-order valence-electron chi connectivity index (χ4n) is 3.13. The van der Waals surface area contributed by atoms with Crippen molar-refractivity contribution in [2.45, 2.75) is 45.8 Å². The number of hydrogen-bond donors (Lipinski definition) is 1. The van der Waals surface area contributed by atoms with Gasteiger partial charge < -0.3 is 10.2 Å². The fraction of sp³-hybridized carbons (Fsp3) is 0.391. The van der Waals surface area contributed by atoms with Crippen molar-refractivity contribution in [3.05, 3.63) is 63.0 Å². The van der Waals surface area contributed by atoms with Gasteiger partial charge in [0.15, 0.2) is 0 Å². The molecule has 2 rings (SSSR count). The van der Waals surface area contributed by atoms with Crippen molar-refractivity contribution in [1.29, 1.82) is 0 Å². The highest BCUT2D eigenvalue weighted by molar-refractivity contribution is 9.10. The summed E-state index contributed by atoms with van der Waals surface area (Å²) in [4.78, 5) is 27.7. The quantitative estimate of drug-likeness (QED) is 0.439. The average Bonchev–Trinajstić information content (AvgIpc) is 2.74. The molecular formula is C23H29Br2N3O4S. The minimum atomic E-state index is -3.75. The van der Waals surface area contributed by atoms with Crippen LogP contribution >= 0.6 is 31.9 Å². The van der Waals surface area contributed by atoms with Crippen molar-refractivity contribution >= 4 is 59.4 Å². The Kier molecular flexibility index (Phi) is 9.93. The van der Waals surface area contributed by atoms with Crippen molar-refractivity contribution in [2.24, 2.45) is 0 Å². The van der Waals surface area contributed by atoms with Crippen LogP contribution in [0.1, 0.15) is 32.8 Å². The van der Waals surface area contributed by atoms with Gasteiger partial charge in [-0.25, -0.2) is 8.42 Å². The normalized spacial score (nSPS) is 13.2. The van der Waals surface area contributed by atoms with E-state index in [0.717, 1.165) is 27.0 Å². The zero-order valence-corrected chi connectivity index (χ0v) is 23.1. The number of sulfonamides is 1. The third-order valence-corrected chi connectivity index (χ3v) is 7.31. The second-order valence-corrected chi connectivity index (χ2v) is 11.6. The third kappa shape index (κ3) is 8.12. The Morgan fingerprint density at radius 1 is 1.03 bits per heavy atom. The van der Waals surface area contributed by atoms with Gasteiger partial charge in [-0.2, -0.15) is 0 Å². The highest BCUT2D eigenvalue weighted by Crippen LogP contribution is 2.23. The lowest BCUT2D eigenvalue weighted by molar-refractivity contribution is -0.139. The summed E-state index contributed by atoms with van der Waals surface area (Å²) in [5.41, 5.74) is 1.17. The molecule has 2 atom stereocenters. The monoisotopic (exact) mass is 601 g/mol. The molecule has 0 unspecified atom stereocenters. The van der Waals surface area contributed by atoms with Crippen LogP contribution in [0.3, 0.4) is 0 Å². The Balaban J connectivity index is 2.38. The summed E-state index contributed by atoms with van der Waals surface area (Å²) >= 11 is 6.77. The molecule has 0 bridgehead atoms. The standard InChI is InChI=1S/C23H29Br2N3O4S/c1-5-16(2)26-23(30)17(3)27(14-18-8-6-9-19(24)12-18)22(29)15-28(33(4,31)32)21-11-7-10-20(25)13-21/h6-13,16-17H,5,14-15H2,1-4H3,(H,26,30)/t16-,17+/m0/s1. The van der Waals surface area contributed by atoms with Gasteiger partial charge in [0.25, 0.3) is 0 Å². The van der Waals surface area contributed by atoms with Crippen LogP contribution in [0.2, 0.25) is 0 Å². The minimum Gasteiger partial charge on any atom is -0.352 e. The van der Waals surface area contributed by atoms with Gasteiger partial charge in [0.1, 0.15) is 12.6 Å². The lowest BCUT2D eigenvalue weighted by atomic mass is 10.1. The van der Waals surface area contributed by atoms with Crippen molar-refractivity contribution < 1.29 is 18.0 Å². The number of hydrogen-bond acceptors (Lipinski definition) is 4. The average molecular weight is 603 g/mol. The lowest BCUT2D eigenvalue weighted by Gasteiger charge is -2.32. The Morgan fingerprint density at radius 2 is 1.64 bits per heavy atom. The predicted molar refractivity (Wildman–Crippen MR) is 138 cm³/mol. The molecule has 1 N–H and O–H groups in total. The first kappa shape index (κ1) is 27.3. The van der Waals surface area contributed by atoms with Gasteiger partial charge in [-0.15, -0.1) is 0 Å². The zero-order valence-electron chi connectivity index (χ0n) is 19.1. The van der Waals surface area contributed by atoms with E-state index >= 15 is 0 Å². The fourth-order valence-corrected chi connectivity index (χ4v) is 4.80. The Bertz CT molecular complexity index is 1090. The number of nitrogens with zero attached hydrogens (tertiary/aromatic N) is 2. The maximum atomic E-state index is 13.5. The molecule has 2 aromatic carbocycles. The van der Waals surface area contributed by atoms with Gasteiger partial charge in [0.05, 0.1) is 11.9 Å². The van der Waals surface area contributed by atoms with E-state index in [1.54, 1.807) is 31.2 Å². The zero-order chi connectivity index (χ0) is 24.8. The highest BCUT2D eigenvalue weighted by atomic mass is 79.9. The van der Waals surface area contributed by atoms with Crippen LogP contribution in [0.5, 0.6) is 0 Å². The van der Waals surface area contributed by atoms with Crippen LogP contribution in [0.15, 0.2) is 57.5 Å². The molecule has 0 saturated carbocycles. The van der Waals surface area contributed by atoms with E-state index in [1.165, 1.54) is 4.90 Å². The highest BCUT2D eigenvalue weighted by Gasteiger charge is 2.30. The lowest BCUT2D eigenvalue weighted by Crippen LogP contribution is -2.52. The topological polar surface area (TPSA) is 86.8 Å². The van der Waals surface area contributed by atoms with Gasteiger partial charge in [0.2, 0.25) is 21.8 Å². The smallest absolute Gasteiger partial charge is 0.244 e. The van der Waals surface area contributed by atoms with E-state index in [4.69, 9.17) is 0 Å². The van der Waals surface area contributed by atoms with Gasteiger partial charge in [0, 0.05) is 21.5 Å². The number of halogens is 2. The van der Waals surface area contributed by atoms with Crippen molar-refractivity contribution in [3.63, 3.8) is 0 Å². The van der Waals surface area contributed by atoms with Crippen LogP contribution < -0.4 is 9.62 Å². The van der Waals surface area contributed by atoms with Crippen LogP contribution in [0, 0.1) is 0 Å². The van der Waals surface area contributed by atoms with Crippen molar-refractivity contribution in [3.8, 4) is 0 Å². The van der Waals surface area contributed by atoms with Crippen LogP contribution in [-0.2, 0) is 26.2 Å². The Hall–Kier alpha value is -1.91. The molecule has 180 valence electrons. The molecule has 7 nitrogen and oxygen atoms in total. The molecule has 0 aromatic heterocycles. The van der Waals surface area contributed by atoms with Gasteiger partial charge in [-0.05, 0) is 56.2 Å². The molecule has 0 radical (unpaired) electrons. The van der Waals surface area contributed by atoms with E-state index in [0.29, 0.717) is 10.2 Å². The molecular weight excluding hydrogens is 574 g/mol. The first-order chi connectivity index (χ1) is 15.4. The number of nitrogens with one attached hydrogen (secondary N) is 1. The molecule has 2 aromatic rings. The first-order valence-electron chi connectivity index (χ1n) is 10.5. The van der Waals surface area contributed by atoms with Crippen molar-refractivity contribution in [1.82, 2.24) is 10.2 Å². The summed E-state index contributed by atoms with van der Waals surface area (Å²) in [6.07, 6.45) is 1.81. The summed E-state index contributed by atoms with van der Waals surface area (Å²) in [6, 6.07) is 13.3. The summed E-state index contributed by atoms with van der Waals surface area (Å²) in [6.45, 7) is 5.23. The molecule has 0 fully saturated rings. The van der Waals surface area contributed by atoms with Gasteiger partial charge in [-0.3, -0.25) is 13.9 Å². The van der Waals surface area contributed by atoms with Gasteiger partial charge in [-0.1, -0.05) is 57.0 Å². The van der Waals surface area contributed by atoms with Crippen LogP contribution in [-0.4, -0.2) is 50.0 Å². The number of amides is 2. The second kappa shape index (κ2) is 12.0. The number of carbonyl (C=O) groups excluding carboxylic acids is 2. The molecule has 2 amide bonds. The molecule has 0 spiro atoms. The van der Waals surface area contributed by atoms with Crippen LogP contribution in [0.25, 0.3) is 0 Å². The number of carbonyl (C=O) groups is 2. The summed E-state index contributed by atoms with van der Waals surface area (Å²) in [5, 5.41) is 2.90. The van der Waals surface area contributed by atoms with E-state index < -0.39 is 28.5 Å². The SMILES string of the molecule is CC[C@H](C)NC(=O)[C@@H](C)N(Cc1cccc(Br)c1)C(=O)CN(c1cccc(Br)c1)S(C)(=O)=O. The minimum absolute atomic E-state index is 0.0445. The van der Waals surface area contributed by atoms with Gasteiger partial charge >= 0.3 is 0 Å². The second-order valence-electron chi connectivity index (χ2n) is 7.89. The number of anilines is 1. The summed E-state index contributed by atoms with van der Waals surface area (Å²) in [7, 11) is -3.75. The van der Waals surface area contributed by atoms with Crippen molar-refractivity contribution in [2.75, 3.05) is 17.1 Å². The molecule has 0 heterocycles. The van der Waals surface area contributed by atoms with E-state index in [2.05, 4.69) is 37.2 Å². The molecule has 0 saturated heterocycles. The van der Waals surface area contributed by atoms with E-state index in [1.807, 2.05) is 38.1 Å². The van der Waals surface area contributed by atoms with Crippen LogP contribution in [0.4, 0.5) is 5.69 Å².